The summed E-state index contributed by atoms with van der Waals surface area (Å²) in [6.07, 6.45) is 6.05. The van der Waals surface area contributed by atoms with Crippen LogP contribution in [0.3, 0.4) is 0 Å². The second-order valence-electron chi connectivity index (χ2n) is 4.60. The highest BCUT2D eigenvalue weighted by Gasteiger charge is 2.54. The van der Waals surface area contributed by atoms with Gasteiger partial charge in [-0.3, -0.25) is 15.6 Å². The number of urea groups is 1. The van der Waals surface area contributed by atoms with Crippen LogP contribution in [0.4, 0.5) is 4.79 Å². The maximum atomic E-state index is 11.7. The van der Waals surface area contributed by atoms with E-state index in [9.17, 15) is 4.79 Å². The van der Waals surface area contributed by atoms with E-state index in [-0.39, 0.29) is 18.4 Å². The summed E-state index contributed by atoms with van der Waals surface area (Å²) in [5.74, 6) is 2.77. The fourth-order valence-corrected chi connectivity index (χ4v) is 2.59. The van der Waals surface area contributed by atoms with Gasteiger partial charge in [0.05, 0.1) is 6.54 Å². The Bertz CT molecular complexity index is 374. The molecule has 2 aliphatic heterocycles. The molecule has 2 saturated heterocycles. The van der Waals surface area contributed by atoms with Gasteiger partial charge >= 0.3 is 6.03 Å². The number of amides is 2. The molecule has 0 aromatic rings. The highest BCUT2D eigenvalue weighted by atomic mass is 16.2. The zero-order valence-corrected chi connectivity index (χ0v) is 9.58. The Morgan fingerprint density at radius 3 is 2.94 bits per heavy atom. The third-order valence-corrected chi connectivity index (χ3v) is 3.61. The number of hydrogen-bond acceptors (Lipinski definition) is 3. The van der Waals surface area contributed by atoms with Crippen molar-refractivity contribution in [3.8, 4) is 12.3 Å². The van der Waals surface area contributed by atoms with Crippen LogP contribution >= 0.6 is 0 Å². The molecular weight excluding hydrogens is 204 g/mol. The second-order valence-corrected chi connectivity index (χ2v) is 4.60. The Labute approximate surface area is 95.3 Å². The Balaban J connectivity index is 2.34. The average molecular weight is 220 g/mol. The van der Waals surface area contributed by atoms with E-state index < -0.39 is 5.54 Å². The molecule has 2 unspecified atom stereocenters. The van der Waals surface area contributed by atoms with Crippen LogP contribution in [-0.4, -0.2) is 53.4 Å². The number of amidine groups is 1. The highest BCUT2D eigenvalue weighted by molar-refractivity contribution is 6.09. The molecule has 2 heterocycles. The molecule has 5 heteroatoms. The summed E-state index contributed by atoms with van der Waals surface area (Å²) in [6, 6.07) is 0.110. The lowest BCUT2D eigenvalue weighted by atomic mass is 9.94. The van der Waals surface area contributed by atoms with Gasteiger partial charge in [0, 0.05) is 12.6 Å². The van der Waals surface area contributed by atoms with E-state index in [0.29, 0.717) is 12.6 Å². The summed E-state index contributed by atoms with van der Waals surface area (Å²) in [7, 11) is 2.00. The monoisotopic (exact) mass is 220 g/mol. The van der Waals surface area contributed by atoms with Gasteiger partial charge in [-0.15, -0.1) is 6.42 Å². The molecule has 2 amide bonds. The number of carbonyl (C=O) groups excluding carboxylic acids is 1. The summed E-state index contributed by atoms with van der Waals surface area (Å²) in [5, 5.41) is 10.5. The first-order chi connectivity index (χ1) is 7.51. The second kappa shape index (κ2) is 3.49. The van der Waals surface area contributed by atoms with Gasteiger partial charge in [-0.05, 0) is 20.4 Å². The number of likely N-dealkylation sites (N-methyl/N-ethyl adjacent to an activating group) is 1. The molecule has 2 aliphatic rings. The third-order valence-electron chi connectivity index (χ3n) is 3.61. The molecule has 16 heavy (non-hydrogen) atoms. The zero-order valence-electron chi connectivity index (χ0n) is 9.58. The van der Waals surface area contributed by atoms with E-state index in [1.54, 1.807) is 4.90 Å². The van der Waals surface area contributed by atoms with E-state index in [4.69, 9.17) is 11.8 Å². The fraction of sp³-hybridized carbons (Fsp3) is 0.636. The van der Waals surface area contributed by atoms with Gasteiger partial charge in [-0.1, -0.05) is 5.92 Å². The van der Waals surface area contributed by atoms with Gasteiger partial charge in [0.1, 0.15) is 11.4 Å². The lowest BCUT2D eigenvalue weighted by Crippen LogP contribution is -2.51. The van der Waals surface area contributed by atoms with Gasteiger partial charge in [0.25, 0.3) is 0 Å². The number of hydrogen-bond donors (Lipinski definition) is 2. The van der Waals surface area contributed by atoms with Crippen LogP contribution in [0.25, 0.3) is 0 Å². The highest BCUT2D eigenvalue weighted by Crippen LogP contribution is 2.34. The van der Waals surface area contributed by atoms with Crippen LogP contribution in [0.2, 0.25) is 0 Å². The predicted octanol–water partition coefficient (Wildman–Crippen LogP) is 0.0849. The van der Waals surface area contributed by atoms with Gasteiger partial charge in [-0.25, -0.2) is 4.79 Å². The number of likely N-dealkylation sites (tertiary alicyclic amines) is 1. The third kappa shape index (κ3) is 1.30. The van der Waals surface area contributed by atoms with Gasteiger partial charge < -0.3 is 4.90 Å². The smallest absolute Gasteiger partial charge is 0.301 e. The van der Waals surface area contributed by atoms with Crippen molar-refractivity contribution in [3.63, 3.8) is 0 Å². The Kier molecular flexibility index (Phi) is 2.39. The lowest BCUT2D eigenvalue weighted by molar-refractivity contribution is 0.185. The number of terminal acetylenes is 1. The van der Waals surface area contributed by atoms with Crippen molar-refractivity contribution in [1.82, 2.24) is 15.1 Å². The molecule has 2 rings (SSSR count). The average Bonchev–Trinajstić information content (AvgIpc) is 2.61. The first kappa shape index (κ1) is 11.0. The minimum absolute atomic E-state index is 0.245. The van der Waals surface area contributed by atoms with Crippen molar-refractivity contribution in [1.29, 1.82) is 5.41 Å². The molecule has 0 aliphatic carbocycles. The number of rotatable bonds is 1. The van der Waals surface area contributed by atoms with E-state index in [2.05, 4.69) is 23.1 Å². The van der Waals surface area contributed by atoms with Gasteiger partial charge in [0.15, 0.2) is 0 Å². The molecule has 2 atom stereocenters. The summed E-state index contributed by atoms with van der Waals surface area (Å²) in [5.41, 5.74) is -0.530. The molecular formula is C11H16N4O. The summed E-state index contributed by atoms with van der Waals surface area (Å²) in [6.45, 7) is 3.03. The van der Waals surface area contributed by atoms with E-state index in [1.807, 2.05) is 7.05 Å². The maximum absolute atomic E-state index is 11.7. The molecule has 2 N–H and O–H groups in total. The molecule has 0 radical (unpaired) electrons. The molecule has 0 aromatic heterocycles. The van der Waals surface area contributed by atoms with E-state index >= 15 is 0 Å². The molecule has 0 bridgehead atoms. The van der Waals surface area contributed by atoms with Gasteiger partial charge in [0.2, 0.25) is 0 Å². The van der Waals surface area contributed by atoms with Crippen molar-refractivity contribution < 1.29 is 4.79 Å². The van der Waals surface area contributed by atoms with Crippen LogP contribution in [0.1, 0.15) is 13.3 Å². The summed E-state index contributed by atoms with van der Waals surface area (Å²) < 4.78 is 0. The molecule has 1 spiro atoms. The first-order valence-electron chi connectivity index (χ1n) is 5.32. The first-order valence-corrected chi connectivity index (χ1v) is 5.32. The van der Waals surface area contributed by atoms with Crippen molar-refractivity contribution in [3.05, 3.63) is 0 Å². The quantitative estimate of drug-likeness (QED) is 0.615. The molecule has 5 nitrogen and oxygen atoms in total. The van der Waals surface area contributed by atoms with Crippen LogP contribution in [0.5, 0.6) is 0 Å². The molecule has 0 saturated carbocycles. The Hall–Kier alpha value is -1.54. The fourth-order valence-electron chi connectivity index (χ4n) is 2.59. The topological polar surface area (TPSA) is 59.4 Å². The minimum Gasteiger partial charge on any atom is -0.301 e. The number of carbonyl (C=O) groups is 1. The van der Waals surface area contributed by atoms with Crippen molar-refractivity contribution >= 4 is 11.9 Å². The van der Waals surface area contributed by atoms with Crippen molar-refractivity contribution in [2.24, 2.45) is 0 Å². The van der Waals surface area contributed by atoms with E-state index in [1.165, 1.54) is 0 Å². The molecule has 2 fully saturated rings. The normalized spacial score (nSPS) is 34.6. The van der Waals surface area contributed by atoms with Crippen molar-refractivity contribution in [2.45, 2.75) is 24.9 Å². The van der Waals surface area contributed by atoms with Crippen LogP contribution in [0.15, 0.2) is 0 Å². The maximum Gasteiger partial charge on any atom is 0.324 e. The Morgan fingerprint density at radius 1 is 1.75 bits per heavy atom. The summed E-state index contributed by atoms with van der Waals surface area (Å²) in [4.78, 5) is 15.5. The SMILES string of the molecule is C#CCN1C(=O)NC(=N)C12CC(C)N(C)C2. The standard InChI is InChI=1S/C11H16N4O/c1-4-5-15-10(16)13-9(12)11(15)6-8(2)14(3)7-11/h1,8H,5-7H2,2-3H3,(H2,12,13,16). The summed E-state index contributed by atoms with van der Waals surface area (Å²) >= 11 is 0. The van der Waals surface area contributed by atoms with Crippen LogP contribution in [-0.2, 0) is 0 Å². The van der Waals surface area contributed by atoms with Crippen LogP contribution in [0, 0.1) is 17.8 Å². The van der Waals surface area contributed by atoms with Crippen molar-refractivity contribution in [2.75, 3.05) is 20.1 Å². The lowest BCUT2D eigenvalue weighted by Gasteiger charge is -2.31. The van der Waals surface area contributed by atoms with Gasteiger partial charge in [-0.2, -0.15) is 0 Å². The van der Waals surface area contributed by atoms with Crippen LogP contribution < -0.4 is 5.32 Å². The number of nitrogens with one attached hydrogen (secondary N) is 2. The Morgan fingerprint density at radius 2 is 2.44 bits per heavy atom. The number of nitrogens with zero attached hydrogens (tertiary/aromatic N) is 2. The zero-order chi connectivity index (χ0) is 11.9. The largest absolute Gasteiger partial charge is 0.324 e. The predicted molar refractivity (Wildman–Crippen MR) is 61.2 cm³/mol. The molecule has 86 valence electrons. The molecule has 0 aromatic carbocycles. The minimum atomic E-state index is -0.530. The van der Waals surface area contributed by atoms with E-state index in [0.717, 1.165) is 6.42 Å².